The molecule has 9 aromatic carbocycles. The number of methoxy groups -OCH3 is 8. The van der Waals surface area contributed by atoms with Crippen LogP contribution in [0.2, 0.25) is 0 Å². The van der Waals surface area contributed by atoms with Crippen LogP contribution in [0.4, 0.5) is 0 Å². The van der Waals surface area contributed by atoms with Crippen molar-refractivity contribution in [1.82, 2.24) is 0 Å². The number of aliphatic hydroxyl groups excluding tert-OH is 4. The largest absolute Gasteiger partial charge is 0.508 e. The molecule has 0 bridgehead atoms. The van der Waals surface area contributed by atoms with Crippen molar-refractivity contribution in [3.63, 3.8) is 0 Å². The third kappa shape index (κ3) is 47.5. The Bertz CT molecular complexity index is 4890. The second-order valence-electron chi connectivity index (χ2n) is 29.6. The van der Waals surface area contributed by atoms with Crippen LogP contribution in [0.5, 0.6) is 74.7 Å². The van der Waals surface area contributed by atoms with Gasteiger partial charge in [0, 0.05) is 68.9 Å². The number of carbonyl (C=O) groups excluding carboxylic acids is 9. The summed E-state index contributed by atoms with van der Waals surface area (Å²) in [5.74, 6) is 7.06. The van der Waals surface area contributed by atoms with E-state index in [9.17, 15) is 68.7 Å². The third-order valence-electron chi connectivity index (χ3n) is 19.2. The number of para-hydroxylation sites is 1. The number of aromatic hydroxyl groups is 5. The van der Waals surface area contributed by atoms with Crippen LogP contribution in [0.3, 0.4) is 0 Å². The standard InChI is InChI=1S/3C12H16O3.5C11H14O3.C11H14O2/c1-9(13)4-5-10-6-7-11(14-2)12(8-10)15-3;1-9(14)3-4-10-5-6-12(15-2)7-11(10)8-13;1-9(14)6-7-10-4-3-5-12(15-2)11(10)8-13;1-8(12)3-4-9-5-6-11(14-2)10(13)7-9;1-8(12)3-4-9-5-6-10(13)11(7-9)14-2;1-8(12)6-7-9-4-3-5-10(14-2)11(9)13;1-8(13)2-3-9-4-5-11(14)6-10(9)7-12;1-8(13)5-6-9-3-2-4-11(14)10(9)7-12;1-9(12)3-4-10-5-7-11(13-2)8-6-10/h6-8H,4-5H2,1-3H3;5-7,13H,3-4,8H2,1-2H3;3-5,13H,6-8H2,1-2H3;2*5-7,13H,3-4H2,1-2H3;3-5,13H,6-7H2,1-2H3;4-6,12,14H,2-3,7H2,1H3;2-4,12,14H,5-7H2,1H3;5-8H,3-4H2,1-2H3. The van der Waals surface area contributed by atoms with Crippen molar-refractivity contribution in [3.8, 4) is 74.7 Å². The molecule has 26 nitrogen and oxygen atoms in total. The highest BCUT2D eigenvalue weighted by atomic mass is 16.5. The number of phenols is 5. The van der Waals surface area contributed by atoms with E-state index in [1.807, 2.05) is 84.9 Å². The van der Waals surface area contributed by atoms with E-state index < -0.39 is 0 Å². The molecule has 0 atom stereocenters. The molecule has 9 N–H and O–H groups in total. The SMILES string of the molecule is CC(=O)CCc1ccc(O)cc1CO.CC(=O)CCc1cccc(O)c1CO.COc1cc(CCC(C)=O)ccc1O.COc1ccc(CCC(C)=O)c(CO)c1.COc1ccc(CCC(C)=O)cc1.COc1ccc(CCC(C)=O)cc1O.COc1ccc(CCC(C)=O)cc1OC.COc1cccc(CCC(C)=O)c1CO.COc1cccc(CCC(C)=O)c1O. The van der Waals surface area contributed by atoms with Crippen LogP contribution >= 0.6 is 0 Å². The molecule has 0 heterocycles. The maximum Gasteiger partial charge on any atom is 0.160 e. The van der Waals surface area contributed by atoms with Crippen LogP contribution in [0.25, 0.3) is 0 Å². The Kier molecular flexibility index (Phi) is 57.4. The number of hydrogen-bond donors (Lipinski definition) is 9. The number of phenolic OH excluding ortho intramolecular Hbond substituents is 4. The van der Waals surface area contributed by atoms with E-state index >= 15 is 0 Å². The van der Waals surface area contributed by atoms with Gasteiger partial charge in [-0.3, -0.25) is 0 Å². The molecule has 0 radical (unpaired) electrons. The fraction of sp³-hybridized carbons (Fsp3) is 0.382. The van der Waals surface area contributed by atoms with Crippen molar-refractivity contribution in [1.29, 1.82) is 0 Å². The predicted octanol–water partition coefficient (Wildman–Crippen LogP) is 16.4. The van der Waals surface area contributed by atoms with Gasteiger partial charge in [0.2, 0.25) is 0 Å². The monoisotopic (exact) mass is 1770 g/mol. The van der Waals surface area contributed by atoms with Gasteiger partial charge in [0.1, 0.15) is 80.8 Å². The topological polar surface area (TPSA) is 410 Å². The first-order chi connectivity index (χ1) is 60.9. The molecule has 0 aromatic heterocycles. The Morgan fingerprint density at radius 3 is 0.977 bits per heavy atom. The summed E-state index contributed by atoms with van der Waals surface area (Å²) in [7, 11) is 12.5. The van der Waals surface area contributed by atoms with Crippen LogP contribution in [-0.4, -0.2) is 155 Å². The Hall–Kier alpha value is -12.8. The molecule has 0 spiro atoms. The Labute approximate surface area is 753 Å². The van der Waals surface area contributed by atoms with E-state index in [0.29, 0.717) is 148 Å². The average molecular weight is 1770 g/mol. The highest BCUT2D eigenvalue weighted by Gasteiger charge is 2.14. The van der Waals surface area contributed by atoms with Gasteiger partial charge in [-0.25, -0.2) is 0 Å². The highest BCUT2D eigenvalue weighted by Crippen LogP contribution is 2.33. The summed E-state index contributed by atoms with van der Waals surface area (Å²) in [6, 6.07) is 50.1. The van der Waals surface area contributed by atoms with Gasteiger partial charge in [0.05, 0.1) is 83.3 Å². The fourth-order valence-corrected chi connectivity index (χ4v) is 11.7. The van der Waals surface area contributed by atoms with Crippen molar-refractivity contribution >= 4 is 52.0 Å². The van der Waals surface area contributed by atoms with Gasteiger partial charge >= 0.3 is 0 Å². The zero-order valence-corrected chi connectivity index (χ0v) is 77.2. The molecule has 9 aromatic rings. The van der Waals surface area contributed by atoms with E-state index in [-0.39, 0.29) is 107 Å². The smallest absolute Gasteiger partial charge is 0.160 e. The van der Waals surface area contributed by atoms with Crippen molar-refractivity contribution < 1.29 is 127 Å². The summed E-state index contributed by atoms with van der Waals surface area (Å²) in [5, 5.41) is 83.4. The van der Waals surface area contributed by atoms with E-state index in [2.05, 4.69) is 0 Å². The molecular weight excluding hydrogens is 1640 g/mol. The van der Waals surface area contributed by atoms with Gasteiger partial charge in [-0.1, -0.05) is 78.9 Å². The zero-order chi connectivity index (χ0) is 96.2. The number of aryl methyl sites for hydroxylation is 9. The number of benzene rings is 9. The lowest BCUT2D eigenvalue weighted by Crippen LogP contribution is -2.01. The van der Waals surface area contributed by atoms with Crippen LogP contribution < -0.4 is 37.9 Å². The summed E-state index contributed by atoms with van der Waals surface area (Å²) in [5.41, 5.74) is 11.5. The van der Waals surface area contributed by atoms with Crippen molar-refractivity contribution in [2.45, 2.75) is 204 Å². The number of rotatable bonds is 39. The van der Waals surface area contributed by atoms with Gasteiger partial charge in [-0.2, -0.15) is 0 Å². The first-order valence-corrected chi connectivity index (χ1v) is 41.6. The number of hydrogen-bond acceptors (Lipinski definition) is 26. The summed E-state index contributed by atoms with van der Waals surface area (Å²) in [6.45, 7) is 13.7. The molecule has 0 fully saturated rings. The molecule has 0 amide bonds. The second kappa shape index (κ2) is 64.9. The lowest BCUT2D eigenvalue weighted by molar-refractivity contribution is -0.117. The number of aliphatic hydroxyl groups is 4. The lowest BCUT2D eigenvalue weighted by Gasteiger charge is -2.11. The Morgan fingerprint density at radius 1 is 0.227 bits per heavy atom. The maximum absolute atomic E-state index is 10.9. The predicted molar refractivity (Wildman–Crippen MR) is 493 cm³/mol. The normalized spacial score (nSPS) is 9.95. The molecule has 696 valence electrons. The average Bonchev–Trinajstić information content (AvgIpc) is 0.832. The zero-order valence-electron chi connectivity index (χ0n) is 77.2. The quantitative estimate of drug-likeness (QED) is 0.0173. The Morgan fingerprint density at radius 2 is 0.562 bits per heavy atom. The molecular formula is C102H132O26. The number of Topliss-reactive ketones (excluding diaryl/α,β-unsaturated/α-hetero) is 9. The van der Waals surface area contributed by atoms with Gasteiger partial charge in [-0.15, -0.1) is 0 Å². The molecule has 0 unspecified atom stereocenters. The molecule has 0 aliphatic rings. The van der Waals surface area contributed by atoms with Gasteiger partial charge in [0.15, 0.2) is 46.0 Å². The molecule has 26 heteroatoms. The summed E-state index contributed by atoms with van der Waals surface area (Å²) < 4.78 is 40.3. The molecule has 0 saturated carbocycles. The minimum absolute atomic E-state index is 0.0234. The van der Waals surface area contributed by atoms with Crippen LogP contribution in [0.1, 0.15) is 192 Å². The van der Waals surface area contributed by atoms with Crippen LogP contribution in [0, 0.1) is 0 Å². The van der Waals surface area contributed by atoms with E-state index in [1.165, 1.54) is 52.9 Å². The number of ether oxygens (including phenoxy) is 8. The van der Waals surface area contributed by atoms with Gasteiger partial charge in [-0.05, 0) is 272 Å². The number of carbonyl (C=O) groups is 9. The lowest BCUT2D eigenvalue weighted by atomic mass is 10.0. The fourth-order valence-electron chi connectivity index (χ4n) is 11.7. The molecule has 128 heavy (non-hydrogen) atoms. The molecule has 0 aliphatic heterocycles. The minimum atomic E-state index is -0.195. The van der Waals surface area contributed by atoms with Crippen molar-refractivity contribution in [2.24, 2.45) is 0 Å². The summed E-state index contributed by atoms with van der Waals surface area (Å²) in [6.07, 6.45) is 10.6. The van der Waals surface area contributed by atoms with Crippen molar-refractivity contribution in [2.75, 3.05) is 56.9 Å². The highest BCUT2D eigenvalue weighted by molar-refractivity contribution is 5.79. The maximum atomic E-state index is 10.9. The molecule has 9 rings (SSSR count). The molecule has 0 aliphatic carbocycles. The van der Waals surface area contributed by atoms with Gasteiger partial charge in [0.25, 0.3) is 0 Å². The van der Waals surface area contributed by atoms with E-state index in [0.717, 1.165) is 80.0 Å². The first-order valence-electron chi connectivity index (χ1n) is 41.6. The third-order valence-corrected chi connectivity index (χ3v) is 19.2. The second-order valence-corrected chi connectivity index (χ2v) is 29.6. The number of ketones is 9. The van der Waals surface area contributed by atoms with E-state index in [4.69, 9.17) is 58.3 Å². The van der Waals surface area contributed by atoms with Crippen molar-refractivity contribution in [3.05, 3.63) is 242 Å². The van der Waals surface area contributed by atoms with E-state index in [1.54, 1.807) is 157 Å². The molecule has 0 saturated heterocycles. The van der Waals surface area contributed by atoms with Crippen LogP contribution in [0.15, 0.2) is 170 Å². The summed E-state index contributed by atoms with van der Waals surface area (Å²) in [4.78, 5) is 97.1. The minimum Gasteiger partial charge on any atom is -0.508 e. The Balaban J connectivity index is 0.000000720. The first kappa shape index (κ1) is 113. The van der Waals surface area contributed by atoms with Crippen LogP contribution in [-0.2, 0) is 127 Å². The summed E-state index contributed by atoms with van der Waals surface area (Å²) >= 11 is 0. The van der Waals surface area contributed by atoms with Gasteiger partial charge < -0.3 is 127 Å².